The van der Waals surface area contributed by atoms with Gasteiger partial charge in [-0.25, -0.2) is 4.98 Å². The number of benzene rings is 1. The van der Waals surface area contributed by atoms with Crippen LogP contribution in [-0.4, -0.2) is 44.8 Å². The van der Waals surface area contributed by atoms with Crippen LogP contribution in [-0.2, 0) is 13.6 Å². The Hall–Kier alpha value is -3.19. The fraction of sp³-hybridized carbons (Fsp3) is 0.375. The number of nitrogens with zero attached hydrogens (tertiary/aromatic N) is 5. The maximum Gasteiger partial charge on any atom is 0.133 e. The van der Waals surface area contributed by atoms with Crippen LogP contribution < -0.4 is 4.74 Å². The van der Waals surface area contributed by atoms with Crippen molar-refractivity contribution in [1.82, 2.24) is 24.6 Å². The van der Waals surface area contributed by atoms with Gasteiger partial charge in [0.15, 0.2) is 0 Å². The molecule has 1 saturated heterocycles. The van der Waals surface area contributed by atoms with E-state index in [0.717, 1.165) is 77.7 Å². The first-order chi connectivity index (χ1) is 15.1. The molecule has 0 amide bonds. The van der Waals surface area contributed by atoms with E-state index in [1.54, 1.807) is 7.11 Å². The Balaban J connectivity index is 1.40. The summed E-state index contributed by atoms with van der Waals surface area (Å²) in [6.07, 6.45) is 4.02. The second kappa shape index (κ2) is 8.15. The molecule has 7 heteroatoms. The maximum absolute atomic E-state index is 5.31. The molecule has 3 aromatic heterocycles. The summed E-state index contributed by atoms with van der Waals surface area (Å²) in [5.74, 6) is 2.14. The lowest BCUT2D eigenvalue weighted by Crippen LogP contribution is -2.32. The van der Waals surface area contributed by atoms with Crippen molar-refractivity contribution in [1.29, 1.82) is 0 Å². The van der Waals surface area contributed by atoms with Crippen LogP contribution in [0.2, 0.25) is 0 Å². The Morgan fingerprint density at radius 2 is 1.90 bits per heavy atom. The van der Waals surface area contributed by atoms with Gasteiger partial charge in [0.25, 0.3) is 0 Å². The van der Waals surface area contributed by atoms with Crippen molar-refractivity contribution >= 4 is 11.0 Å². The van der Waals surface area contributed by atoms with Gasteiger partial charge >= 0.3 is 0 Å². The number of fused-ring (bicyclic) bond motifs is 1. The molecule has 0 atom stereocenters. The quantitative estimate of drug-likeness (QED) is 0.482. The Morgan fingerprint density at radius 1 is 1.13 bits per heavy atom. The zero-order valence-corrected chi connectivity index (χ0v) is 18.2. The summed E-state index contributed by atoms with van der Waals surface area (Å²) in [5.41, 5.74) is 6.22. The van der Waals surface area contributed by atoms with Gasteiger partial charge in [-0.05, 0) is 63.2 Å². The van der Waals surface area contributed by atoms with E-state index in [0.29, 0.717) is 5.92 Å². The number of methoxy groups -OCH3 is 1. The van der Waals surface area contributed by atoms with Crippen LogP contribution in [0, 0.1) is 6.92 Å². The van der Waals surface area contributed by atoms with E-state index in [4.69, 9.17) is 14.2 Å². The molecule has 4 heterocycles. The van der Waals surface area contributed by atoms with Crippen molar-refractivity contribution in [2.45, 2.75) is 32.2 Å². The van der Waals surface area contributed by atoms with Crippen LogP contribution in [0.1, 0.15) is 35.9 Å². The first kappa shape index (κ1) is 19.8. The fourth-order valence-electron chi connectivity index (χ4n) is 4.41. The summed E-state index contributed by atoms with van der Waals surface area (Å²) in [6.45, 7) is 4.83. The zero-order valence-electron chi connectivity index (χ0n) is 18.2. The fourth-order valence-corrected chi connectivity index (χ4v) is 4.41. The molecule has 0 spiro atoms. The molecular formula is C24H27N5O2. The topological polar surface area (TPSA) is 69.2 Å². The average Bonchev–Trinajstić information content (AvgIpc) is 3.39. The number of piperidine rings is 1. The van der Waals surface area contributed by atoms with Gasteiger partial charge in [-0.2, -0.15) is 0 Å². The first-order valence-corrected chi connectivity index (χ1v) is 10.7. The standard InChI is InChI=1S/C24H27N5O2/c1-16-12-19(27-31-16)14-29-10-8-17(9-11-29)21-13-22-24(25-15-28(22)2)23(26-21)18-4-6-20(30-3)7-5-18/h4-7,12-13,15,17H,8-11,14H2,1-3H3. The Morgan fingerprint density at radius 3 is 2.58 bits per heavy atom. The minimum absolute atomic E-state index is 0.437. The Kier molecular flexibility index (Phi) is 5.19. The molecule has 5 rings (SSSR count). The van der Waals surface area contributed by atoms with Crippen molar-refractivity contribution in [3.8, 4) is 17.0 Å². The second-order valence-corrected chi connectivity index (χ2v) is 8.33. The first-order valence-electron chi connectivity index (χ1n) is 10.7. The molecule has 1 aliphatic rings. The summed E-state index contributed by atoms with van der Waals surface area (Å²) in [4.78, 5) is 12.2. The summed E-state index contributed by atoms with van der Waals surface area (Å²) in [6, 6.07) is 12.3. The molecule has 7 nitrogen and oxygen atoms in total. The number of aromatic nitrogens is 4. The summed E-state index contributed by atoms with van der Waals surface area (Å²) >= 11 is 0. The van der Waals surface area contributed by atoms with Crippen molar-refractivity contribution in [2.75, 3.05) is 20.2 Å². The highest BCUT2D eigenvalue weighted by Gasteiger charge is 2.24. The van der Waals surface area contributed by atoms with Crippen LogP contribution in [0.5, 0.6) is 5.75 Å². The van der Waals surface area contributed by atoms with E-state index in [1.165, 1.54) is 0 Å². The van der Waals surface area contributed by atoms with E-state index < -0.39 is 0 Å². The van der Waals surface area contributed by atoms with E-state index in [2.05, 4.69) is 37.8 Å². The number of aryl methyl sites for hydroxylation is 2. The summed E-state index contributed by atoms with van der Waals surface area (Å²) < 4.78 is 12.6. The third kappa shape index (κ3) is 3.93. The monoisotopic (exact) mass is 417 g/mol. The zero-order chi connectivity index (χ0) is 21.4. The highest BCUT2D eigenvalue weighted by molar-refractivity contribution is 5.90. The molecule has 0 unspecified atom stereocenters. The molecule has 1 fully saturated rings. The lowest BCUT2D eigenvalue weighted by Gasteiger charge is -2.31. The third-order valence-electron chi connectivity index (χ3n) is 6.16. The minimum Gasteiger partial charge on any atom is -0.497 e. The lowest BCUT2D eigenvalue weighted by atomic mass is 9.92. The highest BCUT2D eigenvalue weighted by atomic mass is 16.5. The highest BCUT2D eigenvalue weighted by Crippen LogP contribution is 2.33. The normalized spacial score (nSPS) is 15.6. The molecule has 1 aromatic carbocycles. The van der Waals surface area contributed by atoms with Gasteiger partial charge in [0, 0.05) is 36.8 Å². The molecule has 0 radical (unpaired) electrons. The van der Waals surface area contributed by atoms with Crippen molar-refractivity contribution in [2.24, 2.45) is 7.05 Å². The minimum atomic E-state index is 0.437. The molecule has 0 saturated carbocycles. The lowest BCUT2D eigenvalue weighted by molar-refractivity contribution is 0.198. The molecule has 160 valence electrons. The predicted molar refractivity (Wildman–Crippen MR) is 119 cm³/mol. The smallest absolute Gasteiger partial charge is 0.133 e. The molecule has 0 bridgehead atoms. The van der Waals surface area contributed by atoms with Gasteiger partial charge in [-0.1, -0.05) is 5.16 Å². The van der Waals surface area contributed by atoms with Crippen molar-refractivity contribution < 1.29 is 9.26 Å². The van der Waals surface area contributed by atoms with E-state index in [9.17, 15) is 0 Å². The van der Waals surface area contributed by atoms with Gasteiger partial charge in [0.2, 0.25) is 0 Å². The molecule has 31 heavy (non-hydrogen) atoms. The summed E-state index contributed by atoms with van der Waals surface area (Å²) in [5, 5.41) is 4.13. The molecule has 4 aromatic rings. The Bertz CT molecular complexity index is 1190. The van der Waals surface area contributed by atoms with Crippen molar-refractivity contribution in [3.05, 3.63) is 59.9 Å². The van der Waals surface area contributed by atoms with E-state index >= 15 is 0 Å². The Labute approximate surface area is 181 Å². The average molecular weight is 418 g/mol. The van der Waals surface area contributed by atoms with Gasteiger partial charge in [-0.3, -0.25) is 9.88 Å². The SMILES string of the molecule is COc1ccc(-c2nc(C3CCN(Cc4cc(C)on4)CC3)cc3c2ncn3C)cc1. The van der Waals surface area contributed by atoms with Crippen LogP contribution in [0.25, 0.3) is 22.3 Å². The number of pyridine rings is 1. The number of imidazole rings is 1. The molecular weight excluding hydrogens is 390 g/mol. The van der Waals surface area contributed by atoms with Gasteiger partial charge in [0.05, 0.1) is 30.3 Å². The molecule has 1 aliphatic heterocycles. The largest absolute Gasteiger partial charge is 0.497 e. The molecule has 0 N–H and O–H groups in total. The van der Waals surface area contributed by atoms with Crippen LogP contribution >= 0.6 is 0 Å². The van der Waals surface area contributed by atoms with Crippen molar-refractivity contribution in [3.63, 3.8) is 0 Å². The number of likely N-dealkylation sites (tertiary alicyclic amines) is 1. The van der Waals surface area contributed by atoms with Gasteiger partial charge in [0.1, 0.15) is 17.0 Å². The number of rotatable bonds is 5. The second-order valence-electron chi connectivity index (χ2n) is 8.33. The van der Waals surface area contributed by atoms with Crippen LogP contribution in [0.3, 0.4) is 0 Å². The van der Waals surface area contributed by atoms with Gasteiger partial charge in [-0.15, -0.1) is 0 Å². The summed E-state index contributed by atoms with van der Waals surface area (Å²) in [7, 11) is 3.72. The maximum atomic E-state index is 5.31. The van der Waals surface area contributed by atoms with E-state index in [1.807, 2.05) is 38.5 Å². The number of hydrogen-bond acceptors (Lipinski definition) is 6. The van der Waals surface area contributed by atoms with Crippen LogP contribution in [0.15, 0.2) is 47.2 Å². The predicted octanol–water partition coefficient (Wildman–Crippen LogP) is 4.32. The number of hydrogen-bond donors (Lipinski definition) is 0. The molecule has 0 aliphatic carbocycles. The third-order valence-corrected chi connectivity index (χ3v) is 6.16. The number of ether oxygens (including phenoxy) is 1. The van der Waals surface area contributed by atoms with Gasteiger partial charge < -0.3 is 13.8 Å². The van der Waals surface area contributed by atoms with Crippen LogP contribution in [0.4, 0.5) is 0 Å². The van der Waals surface area contributed by atoms with E-state index in [-0.39, 0.29) is 0 Å².